The van der Waals surface area contributed by atoms with Crippen molar-refractivity contribution < 1.29 is 77.0 Å². The Kier molecular flexibility index (Phi) is 20.4. The van der Waals surface area contributed by atoms with E-state index in [-0.39, 0.29) is 85.1 Å². The van der Waals surface area contributed by atoms with Crippen molar-refractivity contribution in [3.63, 3.8) is 0 Å². The topological polar surface area (TPSA) is 287 Å². The highest BCUT2D eigenvalue weighted by molar-refractivity contribution is 14.1. The number of likely N-dealkylation sites (tertiary alicyclic amines) is 1. The summed E-state index contributed by atoms with van der Waals surface area (Å²) in [4.78, 5) is 111. The lowest BCUT2D eigenvalue weighted by Crippen LogP contribution is -2.54. The minimum atomic E-state index is -1.13. The molecule has 11 atom stereocenters. The third kappa shape index (κ3) is 13.3. The Labute approximate surface area is 468 Å². The van der Waals surface area contributed by atoms with Gasteiger partial charge >= 0.3 is 0 Å². The average Bonchev–Trinajstić information content (AvgIpc) is 3.72. The minimum Gasteiger partial charge on any atom is -0.507 e. The average molecular weight is 1200 g/mol. The fourth-order valence-corrected chi connectivity index (χ4v) is 11.9. The number of benzene rings is 2. The zero-order chi connectivity index (χ0) is 56.7. The maximum absolute atomic E-state index is 14.2. The van der Waals surface area contributed by atoms with E-state index >= 15 is 0 Å². The van der Waals surface area contributed by atoms with E-state index in [1.54, 1.807) is 0 Å². The van der Waals surface area contributed by atoms with Gasteiger partial charge in [-0.2, -0.15) is 0 Å². The van der Waals surface area contributed by atoms with Crippen LogP contribution in [0, 0.1) is 11.8 Å². The zero-order valence-corrected chi connectivity index (χ0v) is 47.9. The number of likely N-dealkylation sites (N-methyl/N-ethyl adjacent to an activating group) is 1. The molecule has 0 bridgehead atoms. The summed E-state index contributed by atoms with van der Waals surface area (Å²) in [5.41, 5.74) is -0.805. The van der Waals surface area contributed by atoms with Crippen LogP contribution < -0.4 is 26.0 Å². The van der Waals surface area contributed by atoms with Gasteiger partial charge in [-0.15, -0.1) is 0 Å². The van der Waals surface area contributed by atoms with Gasteiger partial charge in [-0.25, -0.2) is 0 Å². The van der Waals surface area contributed by atoms with Gasteiger partial charge in [0.1, 0.15) is 29.3 Å². The molecule has 78 heavy (non-hydrogen) atoms. The smallest absolute Gasteiger partial charge is 0.244 e. The number of halogens is 1. The number of morpholine rings is 1. The number of phenolic OH excluding ortho intramolecular Hbond substituents is 2. The number of rotatable bonds is 23. The van der Waals surface area contributed by atoms with E-state index in [0.29, 0.717) is 26.0 Å². The number of hydrogen-bond donors (Lipinski definition) is 6. The predicted molar refractivity (Wildman–Crippen MR) is 289 cm³/mol. The molecule has 6 N–H and O–H groups in total. The molecule has 22 nitrogen and oxygen atoms in total. The van der Waals surface area contributed by atoms with E-state index in [4.69, 9.17) is 28.4 Å². The Morgan fingerprint density at radius 2 is 1.71 bits per heavy atom. The highest BCUT2D eigenvalue weighted by Crippen LogP contribution is 2.52. The minimum absolute atomic E-state index is 0.00831. The number of ketones is 2. The third-order valence-electron chi connectivity index (χ3n) is 15.5. The molecule has 2 aliphatic carbocycles. The Morgan fingerprint density at radius 3 is 2.41 bits per heavy atom. The second-order valence-electron chi connectivity index (χ2n) is 21.1. The number of nitrogens with zero attached hydrogens (tertiary/aromatic N) is 2. The van der Waals surface area contributed by atoms with E-state index in [1.807, 2.05) is 13.8 Å². The maximum atomic E-state index is 14.2. The SMILES string of the molecule is CCCCCCC(C)(I)C1CC(=O)N(CCC(=O)N[C@@H](C)C(=O)N[C@@H](C)C(=O)N(C)CCNC(=O)[C@@H]2Cc3c(O)c4c(c(O)c3[C@@H](O[C@H]3CC[C@H](O[C@H]5NCCO[C@@H]5OC)[C@H](C)O3)C2)C(=O)c2c(OC)cccc2C4=O)C1=O. The molecule has 6 amide bonds. The van der Waals surface area contributed by atoms with Crippen LogP contribution in [-0.4, -0.2) is 168 Å². The van der Waals surface area contributed by atoms with Crippen LogP contribution in [0.5, 0.6) is 17.2 Å². The zero-order valence-electron chi connectivity index (χ0n) is 45.7. The molecule has 0 spiro atoms. The van der Waals surface area contributed by atoms with Gasteiger partial charge in [0.2, 0.25) is 41.2 Å². The van der Waals surface area contributed by atoms with E-state index in [0.717, 1.165) is 37.0 Å². The first-order chi connectivity index (χ1) is 37.1. The van der Waals surface area contributed by atoms with Gasteiger partial charge in [0.15, 0.2) is 24.6 Å². The first kappa shape index (κ1) is 60.3. The summed E-state index contributed by atoms with van der Waals surface area (Å²) in [6, 6.07) is 2.38. The van der Waals surface area contributed by atoms with Crippen molar-refractivity contribution in [2.24, 2.45) is 11.8 Å². The molecule has 23 heteroatoms. The summed E-state index contributed by atoms with van der Waals surface area (Å²) in [6.07, 6.45) is 1.40. The molecule has 2 unspecified atom stereocenters. The molecule has 3 aliphatic heterocycles. The molecule has 0 radical (unpaired) electrons. The first-order valence-corrected chi connectivity index (χ1v) is 28.1. The number of carbonyl (C=O) groups is 8. The molecule has 2 aromatic rings. The van der Waals surface area contributed by atoms with Crippen LogP contribution in [-0.2, 0) is 58.9 Å². The number of aromatic hydroxyl groups is 2. The lowest BCUT2D eigenvalue weighted by molar-refractivity contribution is -0.280. The Bertz CT molecular complexity index is 2610. The van der Waals surface area contributed by atoms with E-state index in [1.165, 1.54) is 58.2 Å². The van der Waals surface area contributed by atoms with E-state index in [9.17, 15) is 48.6 Å². The van der Waals surface area contributed by atoms with Gasteiger partial charge in [-0.1, -0.05) is 67.3 Å². The quantitative estimate of drug-likeness (QED) is 0.0259. The van der Waals surface area contributed by atoms with Gasteiger partial charge in [0.05, 0.1) is 54.6 Å². The predicted octanol–water partition coefficient (Wildman–Crippen LogP) is 3.84. The van der Waals surface area contributed by atoms with Crippen LogP contribution >= 0.6 is 22.6 Å². The molecule has 428 valence electrons. The second kappa shape index (κ2) is 26.3. The highest BCUT2D eigenvalue weighted by atomic mass is 127. The first-order valence-electron chi connectivity index (χ1n) is 27.0. The van der Waals surface area contributed by atoms with E-state index < -0.39 is 122 Å². The van der Waals surface area contributed by atoms with Crippen LogP contribution in [0.4, 0.5) is 0 Å². The van der Waals surface area contributed by atoms with Crippen molar-refractivity contribution in [1.82, 2.24) is 31.1 Å². The Hall–Kier alpha value is -5.31. The van der Waals surface area contributed by atoms with Crippen LogP contribution in [0.1, 0.15) is 148 Å². The monoisotopic (exact) mass is 1200 g/mol. The fraction of sp³-hybridized carbons (Fsp3) is 0.636. The molecule has 3 saturated heterocycles. The number of phenols is 2. The second-order valence-corrected chi connectivity index (χ2v) is 23.5. The van der Waals surface area contributed by atoms with Crippen LogP contribution in [0.2, 0.25) is 0 Å². The normalized spacial score (nSPS) is 25.5. The van der Waals surface area contributed by atoms with Gasteiger partial charge in [0.25, 0.3) is 0 Å². The summed E-state index contributed by atoms with van der Waals surface area (Å²) in [5.74, 6) is -6.65. The standard InChI is InChI=1S/C55H75IN6O16/c1-9-10-11-12-19-55(5,56)34-27-39(64)62(53(34)72)22-18-38(63)59-28(2)49(69)60-29(3)52(71)61(6)23-20-57-50(70)31-25-33-42(48(68)44-43(46(33)66)45(65)32-14-13-15-36(73-7)41(32)47(44)67)37(26-31)77-40-17-16-35(30(4)76-40)78-51-54(74-8)75-24-21-58-51/h13-15,28-31,34-35,37,40,51,54,58,66,68H,9-12,16-27H2,1-8H3,(H,57,70)(H,59,63)(H,60,69)/t28-,29-,30-,31+,34?,35-,37-,40-,51+,54-,55?/m0/s1. The third-order valence-corrected chi connectivity index (χ3v) is 16.8. The Morgan fingerprint density at radius 1 is 0.962 bits per heavy atom. The largest absolute Gasteiger partial charge is 0.507 e. The molecule has 7 rings (SSSR count). The van der Waals surface area contributed by atoms with Crippen LogP contribution in [0.15, 0.2) is 18.2 Å². The number of carbonyl (C=O) groups excluding carboxylic acids is 8. The number of ether oxygens (including phenoxy) is 6. The molecule has 0 aromatic heterocycles. The number of hydrogen-bond acceptors (Lipinski definition) is 17. The van der Waals surface area contributed by atoms with Gasteiger partial charge in [-0.3, -0.25) is 48.6 Å². The number of nitrogens with one attached hydrogen (secondary N) is 4. The summed E-state index contributed by atoms with van der Waals surface area (Å²) in [6.45, 7) is 9.75. The number of imide groups is 1. The molecule has 2 aromatic carbocycles. The van der Waals surface area contributed by atoms with Gasteiger partial charge in [-0.05, 0) is 59.4 Å². The van der Waals surface area contributed by atoms with Crippen molar-refractivity contribution in [2.45, 2.75) is 158 Å². The number of alkyl halides is 1. The lowest BCUT2D eigenvalue weighted by Gasteiger charge is -2.41. The molecular formula is C55H75IN6O16. The molecule has 5 aliphatic rings. The van der Waals surface area contributed by atoms with E-state index in [2.05, 4.69) is 50.8 Å². The molecule has 3 fully saturated rings. The van der Waals surface area contributed by atoms with Crippen molar-refractivity contribution >= 4 is 69.6 Å². The molecule has 3 heterocycles. The molecular weight excluding hydrogens is 1130 g/mol. The number of methoxy groups -OCH3 is 2. The van der Waals surface area contributed by atoms with Crippen molar-refractivity contribution in [3.05, 3.63) is 51.6 Å². The maximum Gasteiger partial charge on any atom is 0.244 e. The Balaban J connectivity index is 0.954. The lowest BCUT2D eigenvalue weighted by atomic mass is 9.74. The fourth-order valence-electron chi connectivity index (χ4n) is 11.0. The van der Waals surface area contributed by atoms with Crippen LogP contribution in [0.25, 0.3) is 0 Å². The van der Waals surface area contributed by atoms with Gasteiger partial charge < -0.3 is 59.5 Å². The van der Waals surface area contributed by atoms with Crippen molar-refractivity contribution in [2.75, 3.05) is 54.1 Å². The highest BCUT2D eigenvalue weighted by Gasteiger charge is 2.48. The summed E-state index contributed by atoms with van der Waals surface area (Å²) in [5, 5.41) is 35.4. The number of fused-ring (bicyclic) bond motifs is 3. The van der Waals surface area contributed by atoms with Crippen molar-refractivity contribution in [1.29, 1.82) is 0 Å². The summed E-state index contributed by atoms with van der Waals surface area (Å²) < 4.78 is 35.3. The summed E-state index contributed by atoms with van der Waals surface area (Å²) >= 11 is 2.27. The summed E-state index contributed by atoms with van der Waals surface area (Å²) in [7, 11) is 4.37. The number of amides is 6. The molecule has 0 saturated carbocycles. The van der Waals surface area contributed by atoms with Gasteiger partial charge in [0, 0.05) is 85.6 Å². The number of unbranched alkanes of at least 4 members (excludes halogenated alkanes) is 3. The van der Waals surface area contributed by atoms with Crippen molar-refractivity contribution in [3.8, 4) is 17.2 Å². The van der Waals surface area contributed by atoms with Crippen LogP contribution in [0.3, 0.4) is 0 Å².